The first kappa shape index (κ1) is 10.5. The first-order valence-electron chi connectivity index (χ1n) is 5.94. The van der Waals surface area contributed by atoms with Gasteiger partial charge in [-0.2, -0.15) is 0 Å². The van der Waals surface area contributed by atoms with Crippen LogP contribution < -0.4 is 0 Å². The maximum absolute atomic E-state index is 9.66. The molecule has 2 aromatic rings. The highest BCUT2D eigenvalue weighted by atomic mass is 16.3. The van der Waals surface area contributed by atoms with Gasteiger partial charge >= 0.3 is 0 Å². The first-order valence-corrected chi connectivity index (χ1v) is 5.94. The molecule has 90 valence electrons. The molecule has 1 saturated heterocycles. The van der Waals surface area contributed by atoms with Gasteiger partial charge in [0.25, 0.3) is 0 Å². The summed E-state index contributed by atoms with van der Waals surface area (Å²) in [7, 11) is 2.14. The van der Waals surface area contributed by atoms with E-state index in [9.17, 15) is 5.11 Å². The minimum atomic E-state index is 0.206. The normalized spacial score (nSPS) is 21.4. The molecule has 2 heterocycles. The molecule has 0 amide bonds. The van der Waals surface area contributed by atoms with Crippen molar-refractivity contribution in [2.45, 2.75) is 13.0 Å². The van der Waals surface area contributed by atoms with Crippen LogP contribution in [0.1, 0.15) is 6.42 Å². The molecule has 0 aliphatic carbocycles. The van der Waals surface area contributed by atoms with E-state index in [-0.39, 0.29) is 5.75 Å². The number of fused-ring (bicyclic) bond motifs is 1. The molecule has 17 heavy (non-hydrogen) atoms. The van der Waals surface area contributed by atoms with Gasteiger partial charge in [-0.1, -0.05) is 11.3 Å². The van der Waals surface area contributed by atoms with Gasteiger partial charge in [0.05, 0.1) is 5.52 Å². The summed E-state index contributed by atoms with van der Waals surface area (Å²) >= 11 is 0. The minimum Gasteiger partial charge on any atom is -0.506 e. The number of rotatable bonds is 2. The van der Waals surface area contributed by atoms with Gasteiger partial charge < -0.3 is 10.0 Å². The summed E-state index contributed by atoms with van der Waals surface area (Å²) < 4.78 is 1.90. The lowest BCUT2D eigenvalue weighted by atomic mass is 10.1. The number of nitrogens with zero attached hydrogens (tertiary/aromatic N) is 4. The first-order chi connectivity index (χ1) is 8.24. The molecule has 1 aliphatic rings. The zero-order chi connectivity index (χ0) is 11.8. The fraction of sp³-hybridized carbons (Fsp3) is 0.500. The van der Waals surface area contributed by atoms with Crippen LogP contribution in [0.15, 0.2) is 18.2 Å². The molecule has 0 spiro atoms. The van der Waals surface area contributed by atoms with Gasteiger partial charge in [0.1, 0.15) is 5.75 Å². The van der Waals surface area contributed by atoms with Crippen molar-refractivity contribution in [2.75, 3.05) is 20.1 Å². The Morgan fingerprint density at radius 3 is 3.12 bits per heavy atom. The Kier molecular flexibility index (Phi) is 2.48. The second-order valence-electron chi connectivity index (χ2n) is 4.83. The highest BCUT2D eigenvalue weighted by Crippen LogP contribution is 2.23. The van der Waals surface area contributed by atoms with E-state index in [0.717, 1.165) is 25.2 Å². The Labute approximate surface area is 99.6 Å². The van der Waals surface area contributed by atoms with Gasteiger partial charge in [-0.15, -0.1) is 5.10 Å². The fourth-order valence-electron chi connectivity index (χ4n) is 2.53. The Balaban J connectivity index is 1.88. The van der Waals surface area contributed by atoms with Gasteiger partial charge in [-0.3, -0.25) is 0 Å². The molecule has 5 nitrogen and oxygen atoms in total. The molecule has 0 saturated carbocycles. The van der Waals surface area contributed by atoms with Crippen molar-refractivity contribution in [3.05, 3.63) is 18.2 Å². The molecular weight excluding hydrogens is 216 g/mol. The van der Waals surface area contributed by atoms with Gasteiger partial charge in [-0.05, 0) is 38.1 Å². The summed E-state index contributed by atoms with van der Waals surface area (Å²) in [6.45, 7) is 3.15. The van der Waals surface area contributed by atoms with Crippen molar-refractivity contribution < 1.29 is 5.11 Å². The van der Waals surface area contributed by atoms with Crippen LogP contribution in [0.5, 0.6) is 5.75 Å². The van der Waals surface area contributed by atoms with Crippen LogP contribution in [0.3, 0.4) is 0 Å². The second kappa shape index (κ2) is 4.00. The summed E-state index contributed by atoms with van der Waals surface area (Å²) in [6.07, 6.45) is 1.21. The van der Waals surface area contributed by atoms with Crippen LogP contribution in [-0.2, 0) is 6.54 Å². The third kappa shape index (κ3) is 1.86. The van der Waals surface area contributed by atoms with Gasteiger partial charge in [0, 0.05) is 13.1 Å². The van der Waals surface area contributed by atoms with Crippen molar-refractivity contribution in [3.8, 4) is 5.75 Å². The molecule has 1 fully saturated rings. The van der Waals surface area contributed by atoms with Gasteiger partial charge in [0.2, 0.25) is 0 Å². The lowest BCUT2D eigenvalue weighted by Gasteiger charge is -2.10. The molecule has 5 heteroatoms. The third-order valence-corrected chi connectivity index (χ3v) is 3.44. The van der Waals surface area contributed by atoms with E-state index in [4.69, 9.17) is 0 Å². The topological polar surface area (TPSA) is 54.2 Å². The molecular formula is C12H16N4O. The monoisotopic (exact) mass is 232 g/mol. The number of hydrogen-bond acceptors (Lipinski definition) is 4. The average Bonchev–Trinajstić information content (AvgIpc) is 2.88. The number of aromatic hydroxyl groups is 1. The second-order valence-corrected chi connectivity index (χ2v) is 4.83. The number of likely N-dealkylation sites (tertiary alicyclic amines) is 1. The van der Waals surface area contributed by atoms with Crippen molar-refractivity contribution >= 4 is 11.0 Å². The molecule has 0 bridgehead atoms. The van der Waals surface area contributed by atoms with Crippen LogP contribution >= 0.6 is 0 Å². The average molecular weight is 232 g/mol. The van der Waals surface area contributed by atoms with Crippen molar-refractivity contribution in [1.29, 1.82) is 0 Å². The fourth-order valence-corrected chi connectivity index (χ4v) is 2.53. The van der Waals surface area contributed by atoms with Gasteiger partial charge in [0.15, 0.2) is 5.52 Å². The molecule has 1 aromatic carbocycles. The number of phenols is 1. The largest absolute Gasteiger partial charge is 0.506 e. The number of hydrogen-bond donors (Lipinski definition) is 1. The zero-order valence-corrected chi connectivity index (χ0v) is 9.87. The Hall–Kier alpha value is -1.62. The highest BCUT2D eigenvalue weighted by molar-refractivity contribution is 5.80. The van der Waals surface area contributed by atoms with Crippen molar-refractivity contribution in [3.63, 3.8) is 0 Å². The summed E-state index contributed by atoms with van der Waals surface area (Å²) in [4.78, 5) is 2.33. The Bertz CT molecular complexity index is 536. The lowest BCUT2D eigenvalue weighted by molar-refractivity contribution is 0.370. The molecule has 1 unspecified atom stereocenters. The minimum absolute atomic E-state index is 0.206. The number of aromatic nitrogens is 3. The molecule has 1 aromatic heterocycles. The van der Waals surface area contributed by atoms with Crippen LogP contribution in [0, 0.1) is 5.92 Å². The molecule has 3 rings (SSSR count). The molecule has 0 radical (unpaired) electrons. The number of benzene rings is 1. The lowest BCUT2D eigenvalue weighted by Crippen LogP contribution is -2.17. The van der Waals surface area contributed by atoms with Crippen LogP contribution in [0.25, 0.3) is 11.0 Å². The van der Waals surface area contributed by atoms with E-state index >= 15 is 0 Å². The predicted octanol–water partition coefficient (Wildman–Crippen LogP) is 1.09. The maximum atomic E-state index is 9.66. The quantitative estimate of drug-likeness (QED) is 0.842. The molecule has 1 N–H and O–H groups in total. The molecule has 1 aliphatic heterocycles. The van der Waals surface area contributed by atoms with E-state index in [1.54, 1.807) is 6.07 Å². The SMILES string of the molecule is CN1CCC(Cn2nnc3c(O)cccc32)C1. The summed E-state index contributed by atoms with van der Waals surface area (Å²) in [5, 5.41) is 17.8. The van der Waals surface area contributed by atoms with Crippen LogP contribution in [0.4, 0.5) is 0 Å². The van der Waals surface area contributed by atoms with Crippen LogP contribution in [0.2, 0.25) is 0 Å². The maximum Gasteiger partial charge on any atom is 0.154 e. The highest BCUT2D eigenvalue weighted by Gasteiger charge is 2.21. The number of phenolic OH excluding ortho intramolecular Hbond substituents is 1. The standard InChI is InChI=1S/C12H16N4O/c1-15-6-5-9(7-15)8-16-10-3-2-4-11(17)12(10)13-14-16/h2-4,9,17H,5-8H2,1H3. The predicted molar refractivity (Wildman–Crippen MR) is 64.8 cm³/mol. The Morgan fingerprint density at radius 2 is 2.35 bits per heavy atom. The van der Waals surface area contributed by atoms with E-state index in [2.05, 4.69) is 22.3 Å². The summed E-state index contributed by atoms with van der Waals surface area (Å²) in [6, 6.07) is 5.43. The summed E-state index contributed by atoms with van der Waals surface area (Å²) in [5.74, 6) is 0.838. The zero-order valence-electron chi connectivity index (χ0n) is 9.87. The van der Waals surface area contributed by atoms with E-state index in [0.29, 0.717) is 11.4 Å². The van der Waals surface area contributed by atoms with Crippen molar-refractivity contribution in [2.24, 2.45) is 5.92 Å². The van der Waals surface area contributed by atoms with Gasteiger partial charge in [-0.25, -0.2) is 4.68 Å². The van der Waals surface area contributed by atoms with E-state index in [1.807, 2.05) is 16.8 Å². The van der Waals surface area contributed by atoms with Crippen LogP contribution in [-0.4, -0.2) is 45.1 Å². The van der Waals surface area contributed by atoms with E-state index in [1.165, 1.54) is 6.42 Å². The summed E-state index contributed by atoms with van der Waals surface area (Å²) in [5.41, 5.74) is 1.51. The van der Waals surface area contributed by atoms with E-state index < -0.39 is 0 Å². The smallest absolute Gasteiger partial charge is 0.154 e. The van der Waals surface area contributed by atoms with Crippen molar-refractivity contribution in [1.82, 2.24) is 19.9 Å². The Morgan fingerprint density at radius 1 is 1.47 bits per heavy atom. The third-order valence-electron chi connectivity index (χ3n) is 3.44. The molecule has 1 atom stereocenters.